The Balaban J connectivity index is 2.76. The van der Waals surface area contributed by atoms with Gasteiger partial charge in [0.05, 0.1) is 23.0 Å². The predicted molar refractivity (Wildman–Crippen MR) is 69.9 cm³/mol. The van der Waals surface area contributed by atoms with Crippen LogP contribution in [0.4, 0.5) is 11.4 Å². The average Bonchev–Trinajstić information content (AvgIpc) is 2.22. The van der Waals surface area contributed by atoms with Gasteiger partial charge < -0.3 is 10.5 Å². The van der Waals surface area contributed by atoms with E-state index in [0.29, 0.717) is 5.02 Å². The van der Waals surface area contributed by atoms with Crippen LogP contribution in [0.1, 0.15) is 6.92 Å². The quantitative estimate of drug-likeness (QED) is 0.628. The van der Waals surface area contributed by atoms with Crippen molar-refractivity contribution in [2.45, 2.75) is 6.92 Å². The van der Waals surface area contributed by atoms with Gasteiger partial charge in [0.15, 0.2) is 5.75 Å². The normalized spacial score (nSPS) is 11.0. The highest BCUT2D eigenvalue weighted by Gasteiger charge is 2.17. The van der Waals surface area contributed by atoms with Crippen molar-refractivity contribution in [1.29, 1.82) is 0 Å². The van der Waals surface area contributed by atoms with Crippen LogP contribution in [0.15, 0.2) is 18.2 Å². The number of rotatable bonds is 5. The number of benzene rings is 1. The van der Waals surface area contributed by atoms with Crippen LogP contribution in [-0.4, -0.2) is 26.7 Å². The second-order valence-electron chi connectivity index (χ2n) is 3.40. The molecule has 1 rings (SSSR count). The van der Waals surface area contributed by atoms with E-state index in [0.717, 1.165) is 0 Å². The van der Waals surface area contributed by atoms with Crippen molar-refractivity contribution >= 4 is 39.0 Å². The summed E-state index contributed by atoms with van der Waals surface area (Å²) in [5, 5.41) is 0.323. The van der Waals surface area contributed by atoms with Gasteiger partial charge in [-0.25, -0.2) is 8.42 Å². The molecule has 18 heavy (non-hydrogen) atoms. The lowest BCUT2D eigenvalue weighted by atomic mass is 10.3. The maximum atomic E-state index is 11.6. The lowest BCUT2D eigenvalue weighted by Gasteiger charge is -2.08. The van der Waals surface area contributed by atoms with Crippen molar-refractivity contribution in [2.75, 3.05) is 22.8 Å². The number of sulfonamides is 1. The van der Waals surface area contributed by atoms with Crippen LogP contribution < -0.4 is 10.5 Å². The Hall–Kier alpha value is -1.47. The zero-order valence-electron chi connectivity index (χ0n) is 9.64. The Morgan fingerprint density at radius 2 is 2.17 bits per heavy atom. The number of halogens is 1. The highest BCUT2D eigenvalue weighted by atomic mass is 35.5. The van der Waals surface area contributed by atoms with Crippen LogP contribution in [0.2, 0.25) is 5.02 Å². The third-order valence-electron chi connectivity index (χ3n) is 1.88. The van der Waals surface area contributed by atoms with Gasteiger partial charge in [-0.2, -0.15) is 0 Å². The highest BCUT2D eigenvalue weighted by Crippen LogP contribution is 2.22. The molecule has 6 nitrogen and oxygen atoms in total. The fourth-order valence-corrected chi connectivity index (χ4v) is 2.25. The molecule has 100 valence electrons. The van der Waals surface area contributed by atoms with E-state index in [4.69, 9.17) is 17.3 Å². The van der Waals surface area contributed by atoms with Crippen LogP contribution >= 0.6 is 11.6 Å². The smallest absolute Gasteiger partial charge is 0.323 e. The zero-order chi connectivity index (χ0) is 13.8. The van der Waals surface area contributed by atoms with Crippen molar-refractivity contribution in [2.24, 2.45) is 0 Å². The summed E-state index contributed by atoms with van der Waals surface area (Å²) in [5.41, 5.74) is 6.01. The summed E-state index contributed by atoms with van der Waals surface area (Å²) in [6.45, 7) is 1.72. The molecule has 0 aliphatic heterocycles. The number of esters is 1. The van der Waals surface area contributed by atoms with Crippen LogP contribution in [0.25, 0.3) is 0 Å². The molecule has 0 aliphatic rings. The molecular formula is C10H13ClN2O4S. The Morgan fingerprint density at radius 3 is 2.72 bits per heavy atom. The van der Waals surface area contributed by atoms with E-state index in [-0.39, 0.29) is 18.0 Å². The lowest BCUT2D eigenvalue weighted by Crippen LogP contribution is -2.24. The van der Waals surface area contributed by atoms with Gasteiger partial charge in [-0.15, -0.1) is 0 Å². The first kappa shape index (κ1) is 14.6. The molecule has 0 amide bonds. The molecule has 0 saturated carbocycles. The van der Waals surface area contributed by atoms with Gasteiger partial charge in [0.25, 0.3) is 0 Å². The zero-order valence-corrected chi connectivity index (χ0v) is 11.2. The molecule has 1 aromatic carbocycles. The minimum absolute atomic E-state index is 0.127. The molecule has 8 heteroatoms. The topological polar surface area (TPSA) is 98.5 Å². The molecule has 0 bridgehead atoms. The predicted octanol–water partition coefficient (Wildman–Crippen LogP) is 1.23. The van der Waals surface area contributed by atoms with E-state index >= 15 is 0 Å². The summed E-state index contributed by atoms with van der Waals surface area (Å²) < 4.78 is 30.0. The van der Waals surface area contributed by atoms with Gasteiger partial charge in [-0.3, -0.25) is 9.52 Å². The Bertz CT molecular complexity index is 545. The minimum Gasteiger partial charge on any atom is -0.465 e. The third-order valence-corrected chi connectivity index (χ3v) is 3.39. The molecule has 0 aliphatic carbocycles. The lowest BCUT2D eigenvalue weighted by molar-refractivity contribution is -0.139. The molecule has 0 radical (unpaired) electrons. The summed E-state index contributed by atoms with van der Waals surface area (Å²) in [4.78, 5) is 11.1. The summed E-state index contributed by atoms with van der Waals surface area (Å²) >= 11 is 5.70. The summed E-state index contributed by atoms with van der Waals surface area (Å²) in [5.74, 6) is -1.56. The maximum absolute atomic E-state index is 11.6. The fourth-order valence-electron chi connectivity index (χ4n) is 1.18. The van der Waals surface area contributed by atoms with E-state index in [2.05, 4.69) is 9.46 Å². The van der Waals surface area contributed by atoms with E-state index in [1.165, 1.54) is 18.2 Å². The van der Waals surface area contributed by atoms with Gasteiger partial charge in [-0.05, 0) is 25.1 Å². The molecular weight excluding hydrogens is 280 g/mol. The number of nitrogens with one attached hydrogen (secondary N) is 1. The first-order valence-corrected chi connectivity index (χ1v) is 7.08. The number of nitrogen functional groups attached to an aromatic ring is 1. The Morgan fingerprint density at radius 1 is 1.50 bits per heavy atom. The van der Waals surface area contributed by atoms with E-state index < -0.39 is 21.7 Å². The van der Waals surface area contributed by atoms with Gasteiger partial charge >= 0.3 is 5.97 Å². The largest absolute Gasteiger partial charge is 0.465 e. The van der Waals surface area contributed by atoms with Crippen molar-refractivity contribution in [1.82, 2.24) is 0 Å². The van der Waals surface area contributed by atoms with E-state index in [9.17, 15) is 13.2 Å². The summed E-state index contributed by atoms with van der Waals surface area (Å²) in [6, 6.07) is 4.27. The average molecular weight is 293 g/mol. The van der Waals surface area contributed by atoms with Crippen molar-refractivity contribution in [3.05, 3.63) is 23.2 Å². The standard InChI is InChI=1S/C10H13ClN2O4S/c1-2-17-10(14)6-18(15,16)13-7-3-4-8(11)9(12)5-7/h3-5,13H,2,6,12H2,1H3. The Kier molecular flexibility index (Phi) is 4.80. The maximum Gasteiger partial charge on any atom is 0.323 e. The molecule has 0 fully saturated rings. The summed E-state index contributed by atoms with van der Waals surface area (Å²) in [7, 11) is -3.81. The SMILES string of the molecule is CCOC(=O)CS(=O)(=O)Nc1ccc(Cl)c(N)c1. The second-order valence-corrected chi connectivity index (χ2v) is 5.53. The second kappa shape index (κ2) is 5.92. The number of carbonyl (C=O) groups is 1. The number of hydrogen-bond donors (Lipinski definition) is 2. The van der Waals surface area contributed by atoms with E-state index in [1.807, 2.05) is 0 Å². The molecule has 0 aromatic heterocycles. The van der Waals surface area contributed by atoms with Crippen molar-refractivity contribution < 1.29 is 17.9 Å². The van der Waals surface area contributed by atoms with Crippen LogP contribution in [-0.2, 0) is 19.6 Å². The van der Waals surface area contributed by atoms with Gasteiger partial charge in [-0.1, -0.05) is 11.6 Å². The van der Waals surface area contributed by atoms with Crippen LogP contribution in [0.3, 0.4) is 0 Å². The monoisotopic (exact) mass is 292 g/mol. The van der Waals surface area contributed by atoms with Crippen molar-refractivity contribution in [3.63, 3.8) is 0 Å². The number of carbonyl (C=O) groups excluding carboxylic acids is 1. The molecule has 0 atom stereocenters. The van der Waals surface area contributed by atoms with Gasteiger partial charge in [0.2, 0.25) is 10.0 Å². The van der Waals surface area contributed by atoms with E-state index in [1.54, 1.807) is 6.92 Å². The first-order valence-electron chi connectivity index (χ1n) is 5.05. The van der Waals surface area contributed by atoms with Crippen LogP contribution in [0, 0.1) is 0 Å². The molecule has 0 heterocycles. The molecule has 0 spiro atoms. The summed E-state index contributed by atoms with van der Waals surface area (Å²) in [6.07, 6.45) is 0. The highest BCUT2D eigenvalue weighted by molar-refractivity contribution is 7.93. The molecule has 0 saturated heterocycles. The number of ether oxygens (including phenoxy) is 1. The van der Waals surface area contributed by atoms with Crippen molar-refractivity contribution in [3.8, 4) is 0 Å². The first-order chi connectivity index (χ1) is 8.34. The Labute approximate surface area is 110 Å². The van der Waals surface area contributed by atoms with Gasteiger partial charge in [0, 0.05) is 0 Å². The molecule has 3 N–H and O–H groups in total. The fraction of sp³-hybridized carbons (Fsp3) is 0.300. The number of hydrogen-bond acceptors (Lipinski definition) is 5. The van der Waals surface area contributed by atoms with Gasteiger partial charge in [0.1, 0.15) is 0 Å². The van der Waals surface area contributed by atoms with Crippen LogP contribution in [0.5, 0.6) is 0 Å². The third kappa shape index (κ3) is 4.42. The number of anilines is 2. The number of nitrogens with two attached hydrogens (primary N) is 1. The molecule has 1 aromatic rings. The minimum atomic E-state index is -3.81. The molecule has 0 unspecified atom stereocenters.